The second-order valence-electron chi connectivity index (χ2n) is 6.03. The topological polar surface area (TPSA) is 61.8 Å². The lowest BCUT2D eigenvalue weighted by Crippen LogP contribution is -2.47. The fraction of sp³-hybridized carbons (Fsp3) is 0.556. The Hall–Kier alpha value is -1.86. The van der Waals surface area contributed by atoms with Crippen molar-refractivity contribution < 1.29 is 4.74 Å². The highest BCUT2D eigenvalue weighted by Gasteiger charge is 2.21. The van der Waals surface area contributed by atoms with Crippen LogP contribution < -0.4 is 10.6 Å². The maximum Gasteiger partial charge on any atom is 0.193 e. The number of hydrogen-bond donors (Lipinski definition) is 2. The van der Waals surface area contributed by atoms with Gasteiger partial charge in [-0.15, -0.1) is 0 Å². The monoisotopic (exact) mass is 361 g/mol. The lowest BCUT2D eigenvalue weighted by atomic mass is 10.1. The summed E-state index contributed by atoms with van der Waals surface area (Å²) in [6.07, 6.45) is 2.54. The van der Waals surface area contributed by atoms with Crippen LogP contribution in [0.4, 0.5) is 5.13 Å². The summed E-state index contributed by atoms with van der Waals surface area (Å²) in [6.45, 7) is 6.48. The average molecular weight is 362 g/mol. The first-order valence-corrected chi connectivity index (χ1v) is 9.78. The Morgan fingerprint density at radius 3 is 2.84 bits per heavy atom. The van der Waals surface area contributed by atoms with Gasteiger partial charge in [0.1, 0.15) is 0 Å². The number of thiazole rings is 1. The van der Waals surface area contributed by atoms with E-state index in [9.17, 15) is 0 Å². The molecule has 0 amide bonds. The molecule has 1 aromatic carbocycles. The Morgan fingerprint density at radius 1 is 1.32 bits per heavy atom. The van der Waals surface area contributed by atoms with Crippen LogP contribution in [0.15, 0.2) is 29.3 Å². The van der Waals surface area contributed by atoms with E-state index < -0.39 is 0 Å². The Morgan fingerprint density at radius 2 is 2.12 bits per heavy atom. The van der Waals surface area contributed by atoms with Gasteiger partial charge in [0.15, 0.2) is 11.1 Å². The third kappa shape index (κ3) is 4.83. The van der Waals surface area contributed by atoms with E-state index in [1.54, 1.807) is 11.3 Å². The van der Waals surface area contributed by atoms with Crippen molar-refractivity contribution in [2.45, 2.75) is 25.9 Å². The highest BCUT2D eigenvalue weighted by atomic mass is 32.1. The maximum absolute atomic E-state index is 5.71. The zero-order valence-corrected chi connectivity index (χ0v) is 15.8. The standard InChI is InChI=1S/C18H27N5OS/c1-3-24-14-8-12-23(13-9-14)17(19-2)20-10-11-21-18-22-15-6-4-5-7-16(15)25-18/h4-7,14H,3,8-13H2,1-2H3,(H,19,20)(H,21,22). The van der Waals surface area contributed by atoms with Crippen LogP contribution in [-0.4, -0.2) is 61.8 Å². The molecule has 0 unspecified atom stereocenters. The van der Waals surface area contributed by atoms with Crippen molar-refractivity contribution in [3.63, 3.8) is 0 Å². The number of aliphatic imine (C=N–C) groups is 1. The number of para-hydroxylation sites is 1. The van der Waals surface area contributed by atoms with E-state index in [4.69, 9.17) is 4.74 Å². The molecule has 0 bridgehead atoms. The maximum atomic E-state index is 5.71. The quantitative estimate of drug-likeness (QED) is 0.471. The fourth-order valence-corrected chi connectivity index (χ4v) is 3.99. The summed E-state index contributed by atoms with van der Waals surface area (Å²) in [5, 5.41) is 7.80. The number of nitrogens with one attached hydrogen (secondary N) is 2. The van der Waals surface area contributed by atoms with Crippen LogP contribution in [0.1, 0.15) is 19.8 Å². The number of piperidine rings is 1. The molecule has 2 aromatic rings. The van der Waals surface area contributed by atoms with Crippen LogP contribution in [0, 0.1) is 0 Å². The fourth-order valence-electron chi connectivity index (χ4n) is 3.09. The molecular formula is C18H27N5OS. The number of nitrogens with zero attached hydrogens (tertiary/aromatic N) is 3. The average Bonchev–Trinajstić information content (AvgIpc) is 3.06. The number of guanidine groups is 1. The van der Waals surface area contributed by atoms with E-state index in [1.807, 2.05) is 25.2 Å². The summed E-state index contributed by atoms with van der Waals surface area (Å²) >= 11 is 1.69. The van der Waals surface area contributed by atoms with Crippen LogP contribution in [0.5, 0.6) is 0 Å². The number of ether oxygens (including phenoxy) is 1. The molecule has 25 heavy (non-hydrogen) atoms. The Kier molecular flexibility index (Phi) is 6.47. The van der Waals surface area contributed by atoms with Gasteiger partial charge >= 0.3 is 0 Å². The van der Waals surface area contributed by atoms with Crippen molar-refractivity contribution in [2.75, 3.05) is 45.2 Å². The van der Waals surface area contributed by atoms with Crippen LogP contribution >= 0.6 is 11.3 Å². The molecule has 0 aliphatic carbocycles. The molecule has 7 heteroatoms. The molecule has 2 N–H and O–H groups in total. The minimum atomic E-state index is 0.403. The zero-order chi connectivity index (χ0) is 17.5. The van der Waals surface area contributed by atoms with Gasteiger partial charge in [-0.1, -0.05) is 23.5 Å². The second-order valence-corrected chi connectivity index (χ2v) is 7.06. The largest absolute Gasteiger partial charge is 0.378 e. The summed E-state index contributed by atoms with van der Waals surface area (Å²) in [7, 11) is 1.85. The number of fused-ring (bicyclic) bond motifs is 1. The van der Waals surface area contributed by atoms with E-state index in [0.717, 1.165) is 62.2 Å². The third-order valence-corrected chi connectivity index (χ3v) is 5.33. The Balaban J connectivity index is 1.41. The molecule has 136 valence electrons. The molecule has 1 saturated heterocycles. The summed E-state index contributed by atoms with van der Waals surface area (Å²) in [6, 6.07) is 8.21. The first-order chi connectivity index (χ1) is 12.3. The van der Waals surface area contributed by atoms with Crippen molar-refractivity contribution in [2.24, 2.45) is 4.99 Å². The molecule has 0 saturated carbocycles. The zero-order valence-electron chi connectivity index (χ0n) is 15.0. The lowest BCUT2D eigenvalue weighted by molar-refractivity contribution is 0.0264. The molecule has 1 aromatic heterocycles. The van der Waals surface area contributed by atoms with Gasteiger partial charge in [0.05, 0.1) is 16.3 Å². The minimum Gasteiger partial charge on any atom is -0.378 e. The van der Waals surface area contributed by atoms with Crippen LogP contribution in [0.2, 0.25) is 0 Å². The predicted octanol–water partition coefficient (Wildman–Crippen LogP) is 2.78. The molecule has 2 heterocycles. The van der Waals surface area contributed by atoms with Crippen molar-refractivity contribution in [3.8, 4) is 0 Å². The van der Waals surface area contributed by atoms with E-state index in [-0.39, 0.29) is 0 Å². The van der Waals surface area contributed by atoms with Gasteiger partial charge in [0.2, 0.25) is 0 Å². The summed E-state index contributed by atoms with van der Waals surface area (Å²) < 4.78 is 6.93. The first kappa shape index (κ1) is 17.9. The lowest BCUT2D eigenvalue weighted by Gasteiger charge is -2.34. The van der Waals surface area contributed by atoms with Gasteiger partial charge in [-0.25, -0.2) is 4.98 Å². The molecule has 1 aliphatic heterocycles. The molecule has 0 atom stereocenters. The van der Waals surface area contributed by atoms with E-state index in [0.29, 0.717) is 6.10 Å². The molecule has 0 radical (unpaired) electrons. The summed E-state index contributed by atoms with van der Waals surface area (Å²) in [4.78, 5) is 11.3. The molecule has 0 spiro atoms. The van der Waals surface area contributed by atoms with Crippen molar-refractivity contribution in [3.05, 3.63) is 24.3 Å². The number of rotatable bonds is 6. The smallest absolute Gasteiger partial charge is 0.193 e. The second kappa shape index (κ2) is 9.01. The van der Waals surface area contributed by atoms with Gasteiger partial charge in [0, 0.05) is 39.8 Å². The number of anilines is 1. The normalized spacial score (nSPS) is 16.4. The van der Waals surface area contributed by atoms with Gasteiger partial charge in [0.25, 0.3) is 0 Å². The Labute approximate surface area is 153 Å². The highest BCUT2D eigenvalue weighted by Crippen LogP contribution is 2.24. The number of aromatic nitrogens is 1. The first-order valence-electron chi connectivity index (χ1n) is 8.96. The van der Waals surface area contributed by atoms with Gasteiger partial charge in [-0.2, -0.15) is 0 Å². The molecule has 1 aliphatic rings. The van der Waals surface area contributed by atoms with E-state index >= 15 is 0 Å². The van der Waals surface area contributed by atoms with E-state index in [1.165, 1.54) is 4.70 Å². The van der Waals surface area contributed by atoms with Gasteiger partial charge in [-0.3, -0.25) is 4.99 Å². The van der Waals surface area contributed by atoms with Crippen LogP contribution in [0.25, 0.3) is 10.2 Å². The van der Waals surface area contributed by atoms with Crippen molar-refractivity contribution in [1.82, 2.24) is 15.2 Å². The SMILES string of the molecule is CCOC1CCN(C(=NC)NCCNc2nc3ccccc3s2)CC1. The van der Waals surface area contributed by atoms with Crippen LogP contribution in [0.3, 0.4) is 0 Å². The number of hydrogen-bond acceptors (Lipinski definition) is 5. The van der Waals surface area contributed by atoms with E-state index in [2.05, 4.69) is 38.5 Å². The van der Waals surface area contributed by atoms with Crippen LogP contribution in [-0.2, 0) is 4.74 Å². The molecule has 1 fully saturated rings. The van der Waals surface area contributed by atoms with Crippen molar-refractivity contribution in [1.29, 1.82) is 0 Å². The number of benzene rings is 1. The minimum absolute atomic E-state index is 0.403. The number of likely N-dealkylation sites (tertiary alicyclic amines) is 1. The van der Waals surface area contributed by atoms with Gasteiger partial charge in [-0.05, 0) is 31.9 Å². The summed E-state index contributed by atoms with van der Waals surface area (Å²) in [5.74, 6) is 0.973. The van der Waals surface area contributed by atoms with Gasteiger partial charge < -0.3 is 20.3 Å². The molecule has 6 nitrogen and oxygen atoms in total. The third-order valence-electron chi connectivity index (χ3n) is 4.33. The molecule has 3 rings (SSSR count). The van der Waals surface area contributed by atoms with Crippen molar-refractivity contribution >= 4 is 32.6 Å². The Bertz CT molecular complexity index is 661. The predicted molar refractivity (Wildman–Crippen MR) is 106 cm³/mol. The highest BCUT2D eigenvalue weighted by molar-refractivity contribution is 7.22. The summed E-state index contributed by atoms with van der Waals surface area (Å²) in [5.41, 5.74) is 1.05. The molecular weight excluding hydrogens is 334 g/mol.